The number of carbonyl (C=O) groups excluding carboxylic acids is 1. The van der Waals surface area contributed by atoms with Crippen LogP contribution in [0.3, 0.4) is 0 Å². The van der Waals surface area contributed by atoms with Crippen LogP contribution in [0, 0.1) is 23.7 Å². The summed E-state index contributed by atoms with van der Waals surface area (Å²) in [5, 5.41) is 14.8. The van der Waals surface area contributed by atoms with Crippen LogP contribution in [0.5, 0.6) is 11.5 Å². The highest BCUT2D eigenvalue weighted by atomic mass is 16.5. The predicted octanol–water partition coefficient (Wildman–Crippen LogP) is 3.23. The van der Waals surface area contributed by atoms with Crippen molar-refractivity contribution in [3.05, 3.63) is 47.5 Å². The van der Waals surface area contributed by atoms with Gasteiger partial charge in [-0.05, 0) is 18.2 Å². The van der Waals surface area contributed by atoms with Crippen LogP contribution in [-0.2, 0) is 9.47 Å². The zero-order chi connectivity index (χ0) is 21.8. The molecule has 0 aliphatic rings. The Kier molecular flexibility index (Phi) is 9.01. The van der Waals surface area contributed by atoms with Gasteiger partial charge in [0, 0.05) is 37.6 Å². The van der Waals surface area contributed by atoms with Gasteiger partial charge in [-0.2, -0.15) is 5.26 Å². The molecule has 0 unspecified atom stereocenters. The van der Waals surface area contributed by atoms with Gasteiger partial charge < -0.3 is 29.6 Å². The molecule has 2 aromatic carbocycles. The molecule has 0 saturated heterocycles. The summed E-state index contributed by atoms with van der Waals surface area (Å²) in [5.74, 6) is 3.24. The van der Waals surface area contributed by atoms with Gasteiger partial charge in [-0.1, -0.05) is 12.0 Å². The highest BCUT2D eigenvalue weighted by molar-refractivity contribution is 6.00. The molecule has 0 saturated carbocycles. The lowest BCUT2D eigenvalue weighted by Crippen LogP contribution is -2.20. The first kappa shape index (κ1) is 22.6. The minimum Gasteiger partial charge on any atom is -0.487 e. The van der Waals surface area contributed by atoms with E-state index in [0.29, 0.717) is 36.0 Å². The molecule has 0 spiro atoms. The van der Waals surface area contributed by atoms with E-state index in [2.05, 4.69) is 16.6 Å². The maximum absolute atomic E-state index is 12.4. The number of terminal acetylenes is 1. The third kappa shape index (κ3) is 6.71. The van der Waals surface area contributed by atoms with E-state index in [-0.39, 0.29) is 24.5 Å². The van der Waals surface area contributed by atoms with Crippen molar-refractivity contribution >= 4 is 17.4 Å². The number of methoxy groups -OCH3 is 2. The second kappa shape index (κ2) is 12.0. The predicted molar refractivity (Wildman–Crippen MR) is 113 cm³/mol. The van der Waals surface area contributed by atoms with Gasteiger partial charge in [-0.3, -0.25) is 0 Å². The van der Waals surface area contributed by atoms with Gasteiger partial charge in [-0.15, -0.1) is 6.42 Å². The van der Waals surface area contributed by atoms with Crippen molar-refractivity contribution in [2.24, 2.45) is 0 Å². The standard InChI is InChI=1S/C22H23N3O5/c1-4-16-6-5-7-18(12-16)24-22(26)25-19-14-21(30-11-9-28-3)20(13-17(19)15-23)29-10-8-27-2/h1,5-7,12-14H,8-11H2,2-3H3,(H2,24,25,26). The average molecular weight is 409 g/mol. The monoisotopic (exact) mass is 409 g/mol. The largest absolute Gasteiger partial charge is 0.487 e. The van der Waals surface area contributed by atoms with Crippen molar-refractivity contribution in [3.63, 3.8) is 0 Å². The summed E-state index contributed by atoms with van der Waals surface area (Å²) in [5.41, 5.74) is 1.65. The maximum atomic E-state index is 12.4. The molecule has 0 aliphatic carbocycles. The molecule has 156 valence electrons. The van der Waals surface area contributed by atoms with E-state index in [4.69, 9.17) is 25.4 Å². The van der Waals surface area contributed by atoms with Crippen molar-refractivity contribution < 1.29 is 23.7 Å². The molecule has 2 rings (SSSR count). The van der Waals surface area contributed by atoms with Crippen LogP contribution in [0.2, 0.25) is 0 Å². The number of nitrogens with zero attached hydrogens (tertiary/aromatic N) is 1. The molecule has 0 heterocycles. The highest BCUT2D eigenvalue weighted by Gasteiger charge is 2.15. The SMILES string of the molecule is C#Cc1cccc(NC(=O)Nc2cc(OCCOC)c(OCCOC)cc2C#N)c1. The summed E-state index contributed by atoms with van der Waals surface area (Å²) < 4.78 is 21.3. The Hall–Kier alpha value is -3.72. The molecule has 8 nitrogen and oxygen atoms in total. The zero-order valence-corrected chi connectivity index (χ0v) is 16.9. The summed E-state index contributed by atoms with van der Waals surface area (Å²) in [4.78, 5) is 12.4. The summed E-state index contributed by atoms with van der Waals surface area (Å²) in [6, 6.07) is 11.4. The van der Waals surface area contributed by atoms with Gasteiger partial charge >= 0.3 is 6.03 Å². The van der Waals surface area contributed by atoms with Gasteiger partial charge in [0.1, 0.15) is 19.3 Å². The highest BCUT2D eigenvalue weighted by Crippen LogP contribution is 2.34. The van der Waals surface area contributed by atoms with E-state index in [9.17, 15) is 10.1 Å². The van der Waals surface area contributed by atoms with Crippen molar-refractivity contribution in [1.29, 1.82) is 5.26 Å². The molecule has 0 radical (unpaired) electrons. The number of carbonyl (C=O) groups is 1. The van der Waals surface area contributed by atoms with Gasteiger partial charge in [-0.25, -0.2) is 4.79 Å². The lowest BCUT2D eigenvalue weighted by molar-refractivity contribution is 0.132. The normalized spacial score (nSPS) is 9.87. The lowest BCUT2D eigenvalue weighted by Gasteiger charge is -2.16. The first-order valence-electron chi connectivity index (χ1n) is 9.07. The van der Waals surface area contributed by atoms with Crippen molar-refractivity contribution in [2.45, 2.75) is 0 Å². The molecular formula is C22H23N3O5. The molecule has 0 aliphatic heterocycles. The topological polar surface area (TPSA) is 102 Å². The van der Waals surface area contributed by atoms with Gasteiger partial charge in [0.2, 0.25) is 0 Å². The van der Waals surface area contributed by atoms with Crippen LogP contribution in [0.15, 0.2) is 36.4 Å². The Labute approximate surface area is 175 Å². The van der Waals surface area contributed by atoms with E-state index in [1.54, 1.807) is 38.5 Å². The maximum Gasteiger partial charge on any atom is 0.323 e. The van der Waals surface area contributed by atoms with E-state index >= 15 is 0 Å². The fourth-order valence-electron chi connectivity index (χ4n) is 2.42. The smallest absolute Gasteiger partial charge is 0.323 e. The van der Waals surface area contributed by atoms with E-state index < -0.39 is 6.03 Å². The number of anilines is 2. The first-order chi connectivity index (χ1) is 14.6. The van der Waals surface area contributed by atoms with Gasteiger partial charge in [0.15, 0.2) is 11.5 Å². The van der Waals surface area contributed by atoms with Crippen molar-refractivity contribution in [1.82, 2.24) is 0 Å². The van der Waals surface area contributed by atoms with Gasteiger partial charge in [0.05, 0.1) is 24.5 Å². The fourth-order valence-corrected chi connectivity index (χ4v) is 2.42. The van der Waals surface area contributed by atoms with E-state index in [0.717, 1.165) is 0 Å². The quantitative estimate of drug-likeness (QED) is 0.461. The molecule has 8 heteroatoms. The number of amides is 2. The van der Waals surface area contributed by atoms with Crippen LogP contribution in [0.1, 0.15) is 11.1 Å². The van der Waals surface area contributed by atoms with Crippen LogP contribution in [-0.4, -0.2) is 46.7 Å². The second-order valence-corrected chi connectivity index (χ2v) is 5.94. The average Bonchev–Trinajstić information content (AvgIpc) is 2.75. The first-order valence-corrected chi connectivity index (χ1v) is 9.07. The number of nitrogens with one attached hydrogen (secondary N) is 2. The zero-order valence-electron chi connectivity index (χ0n) is 16.9. The number of benzene rings is 2. The Morgan fingerprint density at radius 1 is 1.00 bits per heavy atom. The van der Waals surface area contributed by atoms with Crippen molar-refractivity contribution in [3.8, 4) is 29.9 Å². The number of rotatable bonds is 10. The van der Waals surface area contributed by atoms with Gasteiger partial charge in [0.25, 0.3) is 0 Å². The van der Waals surface area contributed by atoms with E-state index in [1.165, 1.54) is 12.1 Å². The fraction of sp³-hybridized carbons (Fsp3) is 0.273. The lowest BCUT2D eigenvalue weighted by atomic mass is 10.1. The summed E-state index contributed by atoms with van der Waals surface area (Å²) >= 11 is 0. The third-order valence-corrected chi connectivity index (χ3v) is 3.83. The molecule has 0 atom stereocenters. The molecule has 30 heavy (non-hydrogen) atoms. The molecule has 0 fully saturated rings. The summed E-state index contributed by atoms with van der Waals surface area (Å²) in [7, 11) is 3.12. The molecule has 2 aromatic rings. The minimum atomic E-state index is -0.531. The number of ether oxygens (including phenoxy) is 4. The van der Waals surface area contributed by atoms with Crippen LogP contribution in [0.4, 0.5) is 16.2 Å². The molecule has 2 N–H and O–H groups in total. The molecule has 0 aromatic heterocycles. The Bertz CT molecular complexity index is 947. The molecular weight excluding hydrogens is 386 g/mol. The molecule has 0 bridgehead atoms. The Morgan fingerprint density at radius 3 is 2.27 bits per heavy atom. The van der Waals surface area contributed by atoms with Crippen LogP contribution < -0.4 is 20.1 Å². The Balaban J connectivity index is 2.21. The van der Waals surface area contributed by atoms with Crippen LogP contribution in [0.25, 0.3) is 0 Å². The van der Waals surface area contributed by atoms with Crippen molar-refractivity contribution in [2.75, 3.05) is 51.3 Å². The molecule has 2 amide bonds. The van der Waals surface area contributed by atoms with E-state index in [1.807, 2.05) is 6.07 Å². The number of hydrogen-bond acceptors (Lipinski definition) is 6. The number of hydrogen-bond donors (Lipinski definition) is 2. The number of urea groups is 1. The third-order valence-electron chi connectivity index (χ3n) is 3.83. The summed E-state index contributed by atoms with van der Waals surface area (Å²) in [6.45, 7) is 1.29. The second-order valence-electron chi connectivity index (χ2n) is 5.94. The Morgan fingerprint density at radius 2 is 1.67 bits per heavy atom. The summed E-state index contributed by atoms with van der Waals surface area (Å²) in [6.07, 6.45) is 5.38. The van der Waals surface area contributed by atoms with Crippen LogP contribution >= 0.6 is 0 Å². The minimum absolute atomic E-state index is 0.217. The number of nitriles is 1.